The lowest BCUT2D eigenvalue weighted by Crippen LogP contribution is -2.22. The van der Waals surface area contributed by atoms with E-state index in [1.807, 2.05) is 24.3 Å². The first-order valence-electron chi connectivity index (χ1n) is 10.1. The summed E-state index contributed by atoms with van der Waals surface area (Å²) >= 11 is 0. The van der Waals surface area contributed by atoms with Crippen LogP contribution in [0.4, 0.5) is 11.4 Å². The number of esters is 1. The van der Waals surface area contributed by atoms with Crippen molar-refractivity contribution in [2.45, 2.75) is 19.3 Å². The van der Waals surface area contributed by atoms with Crippen LogP contribution in [0.25, 0.3) is 0 Å². The molecule has 2 amide bonds. The van der Waals surface area contributed by atoms with Crippen LogP contribution in [0, 0.1) is 0 Å². The minimum Gasteiger partial charge on any atom is -0.452 e. The molecule has 0 spiro atoms. The van der Waals surface area contributed by atoms with E-state index in [0.717, 1.165) is 19.3 Å². The maximum Gasteiger partial charge on any atom is 0.340 e. The van der Waals surface area contributed by atoms with E-state index in [9.17, 15) is 14.4 Å². The van der Waals surface area contributed by atoms with Gasteiger partial charge in [0.2, 0.25) is 0 Å². The summed E-state index contributed by atoms with van der Waals surface area (Å²) < 4.78 is 5.18. The summed E-state index contributed by atoms with van der Waals surface area (Å²) in [5.41, 5.74) is 4.23. The molecule has 0 fully saturated rings. The first kappa shape index (κ1) is 20.3. The number of para-hydroxylation sites is 1. The second-order valence-electron chi connectivity index (χ2n) is 7.33. The molecule has 1 aliphatic carbocycles. The molecule has 0 atom stereocenters. The Bertz CT molecular complexity index is 1130. The Morgan fingerprint density at radius 3 is 2.39 bits per heavy atom. The standard InChI is InChI=1S/C25H22N2O4/c28-23(26-20-14-13-17-9-6-10-19(17)15-20)16-31-25(30)21-11-4-5-12-22(21)27-24(29)18-7-2-1-3-8-18/h1-5,7-8,11-15H,6,9-10,16H2,(H,26,28)(H,27,29). The Morgan fingerprint density at radius 2 is 1.55 bits per heavy atom. The predicted molar refractivity (Wildman–Crippen MR) is 118 cm³/mol. The minimum atomic E-state index is -0.687. The molecule has 4 rings (SSSR count). The third kappa shape index (κ3) is 4.98. The number of aryl methyl sites for hydroxylation is 2. The third-order valence-electron chi connectivity index (χ3n) is 5.15. The fourth-order valence-corrected chi connectivity index (χ4v) is 3.61. The zero-order chi connectivity index (χ0) is 21.6. The molecular weight excluding hydrogens is 392 g/mol. The van der Waals surface area contributed by atoms with Crippen LogP contribution in [-0.2, 0) is 22.4 Å². The van der Waals surface area contributed by atoms with Gasteiger partial charge in [-0.1, -0.05) is 36.4 Å². The highest BCUT2D eigenvalue weighted by atomic mass is 16.5. The van der Waals surface area contributed by atoms with Gasteiger partial charge in [0.1, 0.15) is 0 Å². The average Bonchev–Trinajstić information content (AvgIpc) is 3.26. The summed E-state index contributed by atoms with van der Waals surface area (Å²) in [5.74, 6) is -1.44. The number of anilines is 2. The Kier molecular flexibility index (Phi) is 6.08. The van der Waals surface area contributed by atoms with Gasteiger partial charge >= 0.3 is 5.97 Å². The van der Waals surface area contributed by atoms with Crippen molar-refractivity contribution in [1.29, 1.82) is 0 Å². The lowest BCUT2D eigenvalue weighted by atomic mass is 10.1. The minimum absolute atomic E-state index is 0.178. The molecule has 0 saturated heterocycles. The van der Waals surface area contributed by atoms with E-state index in [2.05, 4.69) is 10.6 Å². The molecule has 156 valence electrons. The number of rotatable bonds is 6. The molecule has 6 heteroatoms. The quantitative estimate of drug-likeness (QED) is 0.592. The van der Waals surface area contributed by atoms with Gasteiger partial charge in [-0.25, -0.2) is 4.79 Å². The molecular formula is C25H22N2O4. The summed E-state index contributed by atoms with van der Waals surface area (Å²) in [6.45, 7) is -0.420. The van der Waals surface area contributed by atoms with Gasteiger partial charge in [0.25, 0.3) is 11.8 Å². The average molecular weight is 414 g/mol. The van der Waals surface area contributed by atoms with E-state index in [-0.39, 0.29) is 11.5 Å². The summed E-state index contributed by atoms with van der Waals surface area (Å²) in [5, 5.41) is 5.48. The molecule has 6 nitrogen and oxygen atoms in total. The lowest BCUT2D eigenvalue weighted by Gasteiger charge is -2.11. The highest BCUT2D eigenvalue weighted by Crippen LogP contribution is 2.25. The third-order valence-corrected chi connectivity index (χ3v) is 5.15. The highest BCUT2D eigenvalue weighted by molar-refractivity contribution is 6.08. The Labute approximate surface area is 180 Å². The summed E-state index contributed by atoms with van der Waals surface area (Å²) in [7, 11) is 0. The first-order chi connectivity index (χ1) is 15.1. The second kappa shape index (κ2) is 9.26. The van der Waals surface area contributed by atoms with Gasteiger partial charge in [-0.15, -0.1) is 0 Å². The summed E-state index contributed by atoms with van der Waals surface area (Å²) in [4.78, 5) is 37.2. The van der Waals surface area contributed by atoms with Gasteiger partial charge in [-0.2, -0.15) is 0 Å². The summed E-state index contributed by atoms with van der Waals surface area (Å²) in [6, 6.07) is 21.1. The summed E-state index contributed by atoms with van der Waals surface area (Å²) in [6.07, 6.45) is 3.21. The lowest BCUT2D eigenvalue weighted by molar-refractivity contribution is -0.119. The van der Waals surface area contributed by atoms with Gasteiger partial charge in [0.15, 0.2) is 6.61 Å². The predicted octanol–water partition coefficient (Wildman–Crippen LogP) is 4.22. The number of carbonyl (C=O) groups is 3. The van der Waals surface area contributed by atoms with Crippen LogP contribution in [0.3, 0.4) is 0 Å². The molecule has 1 aliphatic rings. The van der Waals surface area contributed by atoms with Crippen molar-refractivity contribution in [3.63, 3.8) is 0 Å². The number of ether oxygens (including phenoxy) is 1. The van der Waals surface area contributed by atoms with Crippen LogP contribution >= 0.6 is 0 Å². The normalized spacial score (nSPS) is 12.0. The zero-order valence-electron chi connectivity index (χ0n) is 16.9. The molecule has 0 heterocycles. The largest absolute Gasteiger partial charge is 0.452 e. The van der Waals surface area contributed by atoms with Gasteiger partial charge in [-0.3, -0.25) is 9.59 Å². The maximum absolute atomic E-state index is 12.5. The van der Waals surface area contributed by atoms with Crippen LogP contribution in [0.5, 0.6) is 0 Å². The molecule has 0 unspecified atom stereocenters. The van der Waals surface area contributed by atoms with E-state index in [0.29, 0.717) is 16.9 Å². The van der Waals surface area contributed by atoms with Crippen LogP contribution in [0.15, 0.2) is 72.8 Å². The number of nitrogens with one attached hydrogen (secondary N) is 2. The molecule has 3 aromatic carbocycles. The van der Waals surface area contributed by atoms with Crippen LogP contribution in [-0.4, -0.2) is 24.4 Å². The molecule has 0 radical (unpaired) electrons. The molecule has 0 aromatic heterocycles. The van der Waals surface area contributed by atoms with E-state index in [1.165, 1.54) is 11.1 Å². The van der Waals surface area contributed by atoms with Crippen molar-refractivity contribution >= 4 is 29.2 Å². The van der Waals surface area contributed by atoms with Crippen LogP contribution in [0.2, 0.25) is 0 Å². The van der Waals surface area contributed by atoms with E-state index in [1.54, 1.807) is 48.5 Å². The highest BCUT2D eigenvalue weighted by Gasteiger charge is 2.17. The SMILES string of the molecule is O=C(COC(=O)c1ccccc1NC(=O)c1ccccc1)Nc1ccc2c(c1)CCC2. The van der Waals surface area contributed by atoms with E-state index >= 15 is 0 Å². The van der Waals surface area contributed by atoms with Crippen molar-refractivity contribution in [3.05, 3.63) is 95.1 Å². The molecule has 2 N–H and O–H groups in total. The van der Waals surface area contributed by atoms with Crippen LogP contribution < -0.4 is 10.6 Å². The Hall–Kier alpha value is -3.93. The van der Waals surface area contributed by atoms with Gasteiger partial charge in [0, 0.05) is 11.3 Å². The number of fused-ring (bicyclic) bond motifs is 1. The Morgan fingerprint density at radius 1 is 0.806 bits per heavy atom. The molecule has 3 aromatic rings. The van der Waals surface area contributed by atoms with Gasteiger partial charge in [-0.05, 0) is 66.8 Å². The zero-order valence-corrected chi connectivity index (χ0v) is 16.9. The number of benzene rings is 3. The number of carbonyl (C=O) groups excluding carboxylic acids is 3. The second-order valence-corrected chi connectivity index (χ2v) is 7.33. The maximum atomic E-state index is 12.5. The van der Waals surface area contributed by atoms with E-state index in [4.69, 9.17) is 4.74 Å². The monoisotopic (exact) mass is 414 g/mol. The Balaban J connectivity index is 1.36. The number of amides is 2. The number of hydrogen-bond donors (Lipinski definition) is 2. The van der Waals surface area contributed by atoms with Crippen molar-refractivity contribution in [2.75, 3.05) is 17.2 Å². The van der Waals surface area contributed by atoms with Crippen molar-refractivity contribution in [3.8, 4) is 0 Å². The molecule has 0 aliphatic heterocycles. The van der Waals surface area contributed by atoms with Gasteiger partial charge in [0.05, 0.1) is 11.3 Å². The smallest absolute Gasteiger partial charge is 0.340 e. The molecule has 0 bridgehead atoms. The van der Waals surface area contributed by atoms with Crippen molar-refractivity contribution < 1.29 is 19.1 Å². The van der Waals surface area contributed by atoms with Crippen molar-refractivity contribution in [2.24, 2.45) is 0 Å². The molecule has 31 heavy (non-hydrogen) atoms. The van der Waals surface area contributed by atoms with E-state index < -0.39 is 18.5 Å². The van der Waals surface area contributed by atoms with Crippen molar-refractivity contribution in [1.82, 2.24) is 0 Å². The fraction of sp³-hybridized carbons (Fsp3) is 0.160. The number of hydrogen-bond acceptors (Lipinski definition) is 4. The molecule has 0 saturated carbocycles. The first-order valence-corrected chi connectivity index (χ1v) is 10.1. The fourth-order valence-electron chi connectivity index (χ4n) is 3.61. The topological polar surface area (TPSA) is 84.5 Å². The van der Waals surface area contributed by atoms with Crippen LogP contribution in [0.1, 0.15) is 38.3 Å². The van der Waals surface area contributed by atoms with Gasteiger partial charge < -0.3 is 15.4 Å².